The Bertz CT molecular complexity index is 1060. The molecule has 1 aromatic carbocycles. The second-order valence-electron chi connectivity index (χ2n) is 7.74. The van der Waals surface area contributed by atoms with Gasteiger partial charge in [-0.1, -0.05) is 19.1 Å². The van der Waals surface area contributed by atoms with Crippen LogP contribution < -0.4 is 4.74 Å². The lowest BCUT2D eigenvalue weighted by Crippen LogP contribution is -2.44. The van der Waals surface area contributed by atoms with Gasteiger partial charge >= 0.3 is 0 Å². The summed E-state index contributed by atoms with van der Waals surface area (Å²) in [7, 11) is 0. The Labute approximate surface area is 188 Å². The van der Waals surface area contributed by atoms with Crippen LogP contribution in [0.25, 0.3) is 11.4 Å². The molecule has 0 aliphatic carbocycles. The Morgan fingerprint density at radius 1 is 1.19 bits per heavy atom. The number of rotatable bonds is 5. The van der Waals surface area contributed by atoms with Gasteiger partial charge in [-0.05, 0) is 53.4 Å². The number of nitrogens with zero attached hydrogens (tertiary/aromatic N) is 4. The van der Waals surface area contributed by atoms with E-state index in [0.29, 0.717) is 23.8 Å². The summed E-state index contributed by atoms with van der Waals surface area (Å²) in [5.41, 5.74) is 0.369. The maximum absolute atomic E-state index is 14.9. The van der Waals surface area contributed by atoms with Crippen molar-refractivity contribution in [2.75, 3.05) is 6.54 Å². The highest BCUT2D eigenvalue weighted by molar-refractivity contribution is 9.10. The largest absolute Gasteiger partial charge is 0.472 e. The minimum absolute atomic E-state index is 0.0123. The average Bonchev–Trinajstić information content (AvgIpc) is 3.17. The summed E-state index contributed by atoms with van der Waals surface area (Å²) in [4.78, 5) is 27.9. The molecule has 1 saturated heterocycles. The van der Waals surface area contributed by atoms with Crippen LogP contribution in [0.3, 0.4) is 0 Å². The third-order valence-corrected chi connectivity index (χ3v) is 5.87. The van der Waals surface area contributed by atoms with Crippen molar-refractivity contribution in [3.8, 4) is 17.3 Å². The average molecular weight is 485 g/mol. The van der Waals surface area contributed by atoms with Gasteiger partial charge in [0.25, 0.3) is 5.91 Å². The fourth-order valence-electron chi connectivity index (χ4n) is 3.97. The molecule has 1 fully saturated rings. The highest BCUT2D eigenvalue weighted by Crippen LogP contribution is 2.32. The summed E-state index contributed by atoms with van der Waals surface area (Å²) < 4.78 is 21.8. The van der Waals surface area contributed by atoms with Gasteiger partial charge in [0.05, 0.1) is 11.6 Å². The minimum Gasteiger partial charge on any atom is -0.472 e. The van der Waals surface area contributed by atoms with Gasteiger partial charge < -0.3 is 9.64 Å². The minimum atomic E-state index is -0.587. The van der Waals surface area contributed by atoms with E-state index in [1.165, 1.54) is 6.07 Å². The maximum Gasteiger partial charge on any atom is 0.257 e. The number of hydrogen-bond acceptors (Lipinski definition) is 5. The summed E-state index contributed by atoms with van der Waals surface area (Å²) in [5, 5.41) is 0. The molecule has 4 rings (SSSR count). The topological polar surface area (TPSA) is 68.2 Å². The monoisotopic (exact) mass is 484 g/mol. The molecule has 0 spiro atoms. The number of amides is 1. The molecule has 0 radical (unpaired) electrons. The molecule has 6 nitrogen and oxygen atoms in total. The van der Waals surface area contributed by atoms with Gasteiger partial charge in [0.1, 0.15) is 11.9 Å². The molecular formula is C23H22BrFN4O2. The fourth-order valence-corrected chi connectivity index (χ4v) is 4.21. The number of ether oxygens (including phenoxy) is 1. The number of halogens is 2. The van der Waals surface area contributed by atoms with E-state index in [9.17, 15) is 9.18 Å². The zero-order valence-corrected chi connectivity index (χ0v) is 18.8. The number of aromatic nitrogens is 3. The van der Waals surface area contributed by atoms with Crippen LogP contribution in [0.4, 0.5) is 4.39 Å². The van der Waals surface area contributed by atoms with Crippen LogP contribution in [-0.4, -0.2) is 44.4 Å². The highest BCUT2D eigenvalue weighted by Gasteiger charge is 2.39. The molecule has 3 atom stereocenters. The normalized spacial score (nSPS) is 19.3. The van der Waals surface area contributed by atoms with Gasteiger partial charge in [0, 0.05) is 41.2 Å². The Morgan fingerprint density at radius 3 is 2.68 bits per heavy atom. The van der Waals surface area contributed by atoms with Crippen LogP contribution in [0.5, 0.6) is 5.88 Å². The second-order valence-corrected chi connectivity index (χ2v) is 8.65. The van der Waals surface area contributed by atoms with E-state index in [1.54, 1.807) is 47.8 Å². The third-order valence-electron chi connectivity index (χ3n) is 5.40. The van der Waals surface area contributed by atoms with Gasteiger partial charge in [-0.25, -0.2) is 19.3 Å². The van der Waals surface area contributed by atoms with Crippen molar-refractivity contribution in [3.05, 3.63) is 70.8 Å². The molecular weight excluding hydrogens is 463 g/mol. The summed E-state index contributed by atoms with van der Waals surface area (Å²) in [5.74, 6) is 0.0935. The standard InChI is InChI=1S/C23H22BrFN4O2/c1-14-11-19(15(2)31-20-8-7-16(24)12-28-20)29(13-14)23(30)21-17(5-3-6-18(21)25)22-26-9-4-10-27-22/h3-10,12,14-15,19H,11,13H2,1-2H3. The molecule has 1 aliphatic heterocycles. The van der Waals surface area contributed by atoms with Gasteiger partial charge in [-0.3, -0.25) is 4.79 Å². The van der Waals surface area contributed by atoms with E-state index < -0.39 is 5.82 Å². The van der Waals surface area contributed by atoms with Crippen LogP contribution in [0.1, 0.15) is 30.6 Å². The number of carbonyl (C=O) groups is 1. The van der Waals surface area contributed by atoms with Gasteiger partial charge in [-0.15, -0.1) is 0 Å². The Kier molecular flexibility index (Phi) is 6.27. The number of likely N-dealkylation sites (tertiary alicyclic amines) is 1. The van der Waals surface area contributed by atoms with Crippen molar-refractivity contribution in [1.29, 1.82) is 0 Å². The second kappa shape index (κ2) is 9.09. The number of benzene rings is 1. The lowest BCUT2D eigenvalue weighted by molar-refractivity contribution is 0.0576. The van der Waals surface area contributed by atoms with Gasteiger partial charge in [0.2, 0.25) is 5.88 Å². The quantitative estimate of drug-likeness (QED) is 0.522. The SMILES string of the molecule is CC1CC(C(C)Oc2ccc(Br)cn2)N(C(=O)c2c(F)cccc2-c2ncccn2)C1. The summed E-state index contributed by atoms with van der Waals surface area (Å²) >= 11 is 3.36. The van der Waals surface area contributed by atoms with Crippen molar-refractivity contribution >= 4 is 21.8 Å². The van der Waals surface area contributed by atoms with E-state index in [-0.39, 0.29) is 29.5 Å². The van der Waals surface area contributed by atoms with Crippen LogP contribution in [0, 0.1) is 11.7 Å². The molecule has 1 amide bonds. The lowest BCUT2D eigenvalue weighted by Gasteiger charge is -2.30. The van der Waals surface area contributed by atoms with E-state index in [2.05, 4.69) is 37.8 Å². The van der Waals surface area contributed by atoms with E-state index in [0.717, 1.165) is 10.9 Å². The van der Waals surface area contributed by atoms with E-state index in [4.69, 9.17) is 4.74 Å². The van der Waals surface area contributed by atoms with E-state index >= 15 is 0 Å². The van der Waals surface area contributed by atoms with Crippen molar-refractivity contribution in [3.63, 3.8) is 0 Å². The van der Waals surface area contributed by atoms with E-state index in [1.807, 2.05) is 13.0 Å². The van der Waals surface area contributed by atoms with Gasteiger partial charge in [-0.2, -0.15) is 0 Å². The maximum atomic E-state index is 14.9. The first-order valence-corrected chi connectivity index (χ1v) is 10.9. The molecule has 31 heavy (non-hydrogen) atoms. The van der Waals surface area contributed by atoms with Crippen LogP contribution in [-0.2, 0) is 0 Å². The summed E-state index contributed by atoms with van der Waals surface area (Å²) in [6.45, 7) is 4.51. The highest BCUT2D eigenvalue weighted by atomic mass is 79.9. The molecule has 0 saturated carbocycles. The Hall–Kier alpha value is -2.87. The van der Waals surface area contributed by atoms with Crippen molar-refractivity contribution in [1.82, 2.24) is 19.9 Å². The first kappa shape index (κ1) is 21.4. The molecule has 8 heteroatoms. The molecule has 3 heterocycles. The molecule has 0 N–H and O–H groups in total. The first-order valence-electron chi connectivity index (χ1n) is 10.1. The predicted molar refractivity (Wildman–Crippen MR) is 118 cm³/mol. The smallest absolute Gasteiger partial charge is 0.257 e. The van der Waals surface area contributed by atoms with Crippen molar-refractivity contribution in [2.24, 2.45) is 5.92 Å². The van der Waals surface area contributed by atoms with Gasteiger partial charge in [0.15, 0.2) is 5.82 Å². The molecule has 2 aromatic heterocycles. The Morgan fingerprint density at radius 2 is 1.97 bits per heavy atom. The lowest BCUT2D eigenvalue weighted by atomic mass is 10.0. The van der Waals surface area contributed by atoms with Crippen LogP contribution >= 0.6 is 15.9 Å². The first-order chi connectivity index (χ1) is 14.9. The number of hydrogen-bond donors (Lipinski definition) is 0. The zero-order chi connectivity index (χ0) is 22.0. The zero-order valence-electron chi connectivity index (χ0n) is 17.2. The van der Waals surface area contributed by atoms with Crippen LogP contribution in [0.2, 0.25) is 0 Å². The Balaban J connectivity index is 1.63. The molecule has 1 aliphatic rings. The van der Waals surface area contributed by atoms with Crippen molar-refractivity contribution in [2.45, 2.75) is 32.4 Å². The van der Waals surface area contributed by atoms with Crippen molar-refractivity contribution < 1.29 is 13.9 Å². The molecule has 0 bridgehead atoms. The molecule has 3 aromatic rings. The number of pyridine rings is 1. The summed E-state index contributed by atoms with van der Waals surface area (Å²) in [6.07, 6.45) is 5.25. The van der Waals surface area contributed by atoms with Crippen LogP contribution in [0.15, 0.2) is 59.5 Å². The number of carbonyl (C=O) groups excluding carboxylic acids is 1. The third kappa shape index (κ3) is 4.58. The predicted octanol–water partition coefficient (Wildman–Crippen LogP) is 4.76. The summed E-state index contributed by atoms with van der Waals surface area (Å²) in [6, 6.07) is 9.61. The fraction of sp³-hybridized carbons (Fsp3) is 0.304. The molecule has 3 unspecified atom stereocenters. The molecule has 160 valence electrons.